The van der Waals surface area contributed by atoms with E-state index in [1.807, 2.05) is 0 Å². The number of hydrogen-bond donors (Lipinski definition) is 0. The fourth-order valence-corrected chi connectivity index (χ4v) is 0.203. The molecule has 13 heavy (non-hydrogen) atoms. The van der Waals surface area contributed by atoms with Crippen LogP contribution in [0.5, 0.6) is 0 Å². The van der Waals surface area contributed by atoms with Gasteiger partial charge in [0.05, 0.1) is 12.7 Å². The van der Waals surface area contributed by atoms with Crippen LogP contribution in [0.2, 0.25) is 0 Å². The Hall–Kier alpha value is -1.37. The van der Waals surface area contributed by atoms with E-state index in [1.54, 1.807) is 13.0 Å². The first-order valence-corrected chi connectivity index (χ1v) is 3.83. The highest BCUT2D eigenvalue weighted by Gasteiger charge is 1.81. The Morgan fingerprint density at radius 1 is 1.31 bits per heavy atom. The maximum absolute atomic E-state index is 9.82. The molecule has 76 valence electrons. The van der Waals surface area contributed by atoms with Gasteiger partial charge in [-0.2, -0.15) is 5.26 Å². The van der Waals surface area contributed by atoms with Crippen molar-refractivity contribution in [3.8, 4) is 6.07 Å². The second-order valence-corrected chi connectivity index (χ2v) is 2.06. The Balaban J connectivity index is -0.000000125. The highest BCUT2D eigenvalue weighted by Crippen LogP contribution is 1.69. The van der Waals surface area contributed by atoms with Crippen molar-refractivity contribution in [3.63, 3.8) is 0 Å². The molecule has 0 saturated heterocycles. The summed E-state index contributed by atoms with van der Waals surface area (Å²) in [5.74, 6) is -0.0440. The number of nitriles is 1. The minimum absolute atomic E-state index is 0.167. The molecule has 0 bridgehead atoms. The zero-order chi connectivity index (χ0) is 11.3. The average Bonchev–Trinajstić information content (AvgIpc) is 1.86. The van der Waals surface area contributed by atoms with Gasteiger partial charge in [-0.3, -0.25) is 4.79 Å². The molecule has 0 radical (unpaired) electrons. The highest BCUT2D eigenvalue weighted by molar-refractivity contribution is 5.72. The zero-order valence-corrected chi connectivity index (χ0v) is 8.88. The SMILES string of the molecule is CC#N.CC(C)=O.CCOC(C)=O. The van der Waals surface area contributed by atoms with Crippen molar-refractivity contribution < 1.29 is 14.3 Å². The van der Waals surface area contributed by atoms with Crippen LogP contribution in [0, 0.1) is 11.3 Å². The van der Waals surface area contributed by atoms with Gasteiger partial charge in [-0.25, -0.2) is 0 Å². The van der Waals surface area contributed by atoms with Crippen LogP contribution in [0.3, 0.4) is 0 Å². The van der Waals surface area contributed by atoms with Crippen LogP contribution in [0.1, 0.15) is 34.6 Å². The summed E-state index contributed by atoms with van der Waals surface area (Å²) in [6.45, 7) is 8.14. The molecule has 0 aliphatic heterocycles. The molecule has 0 aromatic carbocycles. The molecular weight excluding hydrogens is 170 g/mol. The fraction of sp³-hybridized carbons (Fsp3) is 0.667. The van der Waals surface area contributed by atoms with E-state index >= 15 is 0 Å². The average molecular weight is 187 g/mol. The monoisotopic (exact) mass is 187 g/mol. The third kappa shape index (κ3) is 298. The first kappa shape index (κ1) is 17.6. The number of nitrogens with zero attached hydrogens (tertiary/aromatic N) is 1. The number of carbonyl (C=O) groups is 2. The highest BCUT2D eigenvalue weighted by atomic mass is 16.5. The van der Waals surface area contributed by atoms with Crippen molar-refractivity contribution >= 4 is 11.8 Å². The quantitative estimate of drug-likeness (QED) is 0.586. The predicted molar refractivity (Wildman–Crippen MR) is 49.9 cm³/mol. The number of hydrogen-bond acceptors (Lipinski definition) is 4. The lowest BCUT2D eigenvalue weighted by Crippen LogP contribution is -1.95. The van der Waals surface area contributed by atoms with Gasteiger partial charge in [-0.1, -0.05) is 0 Å². The molecular formula is C9H17NO3. The molecule has 0 heterocycles. The largest absolute Gasteiger partial charge is 0.466 e. The van der Waals surface area contributed by atoms with E-state index in [-0.39, 0.29) is 11.8 Å². The molecule has 0 saturated carbocycles. The third-order valence-electron chi connectivity index (χ3n) is 0.348. The van der Waals surface area contributed by atoms with E-state index in [4.69, 9.17) is 5.26 Å². The van der Waals surface area contributed by atoms with Gasteiger partial charge < -0.3 is 9.53 Å². The van der Waals surface area contributed by atoms with E-state index in [0.29, 0.717) is 6.61 Å². The van der Waals surface area contributed by atoms with Crippen molar-refractivity contribution in [2.45, 2.75) is 34.6 Å². The summed E-state index contributed by atoms with van der Waals surface area (Å²) in [6, 6.07) is 1.75. The summed E-state index contributed by atoms with van der Waals surface area (Å²) >= 11 is 0. The Kier molecular flexibility index (Phi) is 23.0. The van der Waals surface area contributed by atoms with Crippen LogP contribution in [-0.4, -0.2) is 18.4 Å². The number of ether oxygens (including phenoxy) is 1. The molecule has 0 aliphatic carbocycles. The van der Waals surface area contributed by atoms with Crippen LogP contribution in [0.4, 0.5) is 0 Å². The van der Waals surface area contributed by atoms with Crippen molar-refractivity contribution in [2.24, 2.45) is 0 Å². The lowest BCUT2D eigenvalue weighted by atomic mass is 10.6. The number of ketones is 1. The molecule has 0 unspecified atom stereocenters. The van der Waals surface area contributed by atoms with E-state index < -0.39 is 0 Å². The molecule has 0 aromatic heterocycles. The maximum atomic E-state index is 9.82. The topological polar surface area (TPSA) is 67.2 Å². The maximum Gasteiger partial charge on any atom is 0.302 e. The first-order valence-electron chi connectivity index (χ1n) is 3.83. The number of esters is 1. The summed E-state index contributed by atoms with van der Waals surface area (Å²) < 4.78 is 4.40. The van der Waals surface area contributed by atoms with Gasteiger partial charge in [0.25, 0.3) is 0 Å². The van der Waals surface area contributed by atoms with E-state index in [2.05, 4.69) is 4.74 Å². The Bertz CT molecular complexity index is 166. The lowest BCUT2D eigenvalue weighted by Gasteiger charge is -1.89. The van der Waals surface area contributed by atoms with Gasteiger partial charge in [0.2, 0.25) is 0 Å². The van der Waals surface area contributed by atoms with Crippen LogP contribution >= 0.6 is 0 Å². The van der Waals surface area contributed by atoms with Crippen molar-refractivity contribution in [1.82, 2.24) is 0 Å². The first-order chi connectivity index (χ1) is 5.92. The summed E-state index contributed by atoms with van der Waals surface area (Å²) in [4.78, 5) is 19.3. The van der Waals surface area contributed by atoms with E-state index in [9.17, 15) is 9.59 Å². The molecule has 0 N–H and O–H groups in total. The van der Waals surface area contributed by atoms with Crippen LogP contribution in [0.15, 0.2) is 0 Å². The van der Waals surface area contributed by atoms with Gasteiger partial charge in [0.1, 0.15) is 5.78 Å². The van der Waals surface area contributed by atoms with Crippen LogP contribution in [0.25, 0.3) is 0 Å². The molecule has 0 rings (SSSR count). The second-order valence-electron chi connectivity index (χ2n) is 2.06. The predicted octanol–water partition coefficient (Wildman–Crippen LogP) is 1.69. The summed E-state index contributed by atoms with van der Waals surface area (Å²) in [6.07, 6.45) is 0. The molecule has 0 spiro atoms. The minimum Gasteiger partial charge on any atom is -0.466 e. The minimum atomic E-state index is -0.211. The molecule has 0 atom stereocenters. The number of Topliss-reactive ketones (excluding diaryl/α,β-unsaturated/α-hetero) is 1. The fourth-order valence-electron chi connectivity index (χ4n) is 0.203. The van der Waals surface area contributed by atoms with Crippen molar-refractivity contribution in [3.05, 3.63) is 0 Å². The molecule has 0 aromatic rings. The molecule has 4 nitrogen and oxygen atoms in total. The van der Waals surface area contributed by atoms with Gasteiger partial charge in [0.15, 0.2) is 0 Å². The van der Waals surface area contributed by atoms with Gasteiger partial charge >= 0.3 is 5.97 Å². The Morgan fingerprint density at radius 2 is 1.54 bits per heavy atom. The zero-order valence-electron chi connectivity index (χ0n) is 8.88. The summed E-state index contributed by atoms with van der Waals surface area (Å²) in [5.41, 5.74) is 0. The summed E-state index contributed by atoms with van der Waals surface area (Å²) in [5, 5.41) is 7.32. The van der Waals surface area contributed by atoms with Gasteiger partial charge in [-0.15, -0.1) is 0 Å². The van der Waals surface area contributed by atoms with Gasteiger partial charge in [-0.05, 0) is 20.8 Å². The summed E-state index contributed by atoms with van der Waals surface area (Å²) in [7, 11) is 0. The van der Waals surface area contributed by atoms with Crippen LogP contribution < -0.4 is 0 Å². The van der Waals surface area contributed by atoms with E-state index in [1.165, 1.54) is 27.7 Å². The van der Waals surface area contributed by atoms with Crippen molar-refractivity contribution in [2.75, 3.05) is 6.61 Å². The normalized spacial score (nSPS) is 6.15. The smallest absolute Gasteiger partial charge is 0.302 e. The lowest BCUT2D eigenvalue weighted by molar-refractivity contribution is -0.140. The van der Waals surface area contributed by atoms with E-state index in [0.717, 1.165) is 0 Å². The number of rotatable bonds is 1. The third-order valence-corrected chi connectivity index (χ3v) is 0.348. The standard InChI is InChI=1S/C4H8O2.C3H6O.C2H3N/c1-3-6-4(2)5;1-3(2)4;1-2-3/h3H2,1-2H3;1-2H3;1H3. The van der Waals surface area contributed by atoms with Crippen LogP contribution in [-0.2, 0) is 14.3 Å². The Labute approximate surface area is 79.5 Å². The molecule has 4 heteroatoms. The van der Waals surface area contributed by atoms with Crippen molar-refractivity contribution in [1.29, 1.82) is 5.26 Å². The Morgan fingerprint density at radius 3 is 1.54 bits per heavy atom. The number of carbonyl (C=O) groups excluding carboxylic acids is 2. The molecule has 0 fully saturated rings. The molecule has 0 amide bonds. The molecule has 0 aliphatic rings. The second kappa shape index (κ2) is 16.9. The van der Waals surface area contributed by atoms with Gasteiger partial charge in [0, 0.05) is 13.8 Å².